The number of rotatable bonds is 4. The smallest absolute Gasteiger partial charge is 0.155 e. The number of hydrogen-bond donors (Lipinski definition) is 1. The summed E-state index contributed by atoms with van der Waals surface area (Å²) in [5.41, 5.74) is 0.564. The number of benzene rings is 1. The van der Waals surface area contributed by atoms with Crippen LogP contribution in [0.3, 0.4) is 0 Å². The average Bonchev–Trinajstić information content (AvgIpc) is 2.28. The molecule has 0 aliphatic heterocycles. The summed E-state index contributed by atoms with van der Waals surface area (Å²) in [6.45, 7) is 3.08. The van der Waals surface area contributed by atoms with Gasteiger partial charge in [-0.25, -0.2) is 8.42 Å². The van der Waals surface area contributed by atoms with Crippen molar-refractivity contribution in [2.75, 3.05) is 5.75 Å². The second-order valence-corrected chi connectivity index (χ2v) is 6.74. The SMILES string of the molecule is CCS(=O)(=O)[C@@H](C)[C@H](O)c1ccc(Cl)cc1. The molecule has 1 rings (SSSR count). The minimum absolute atomic E-state index is 0.0266. The monoisotopic (exact) mass is 262 g/mol. The van der Waals surface area contributed by atoms with E-state index >= 15 is 0 Å². The van der Waals surface area contributed by atoms with E-state index in [1.165, 1.54) is 6.92 Å². The lowest BCUT2D eigenvalue weighted by Crippen LogP contribution is -2.26. The van der Waals surface area contributed by atoms with E-state index < -0.39 is 21.2 Å². The van der Waals surface area contributed by atoms with Crippen LogP contribution in [0.4, 0.5) is 0 Å². The predicted molar refractivity (Wildman–Crippen MR) is 65.3 cm³/mol. The van der Waals surface area contributed by atoms with E-state index in [0.29, 0.717) is 10.6 Å². The van der Waals surface area contributed by atoms with Gasteiger partial charge in [-0.1, -0.05) is 30.7 Å². The van der Waals surface area contributed by atoms with Gasteiger partial charge >= 0.3 is 0 Å². The van der Waals surface area contributed by atoms with Crippen molar-refractivity contribution in [2.24, 2.45) is 0 Å². The van der Waals surface area contributed by atoms with E-state index in [-0.39, 0.29) is 5.75 Å². The standard InChI is InChI=1S/C11H15ClO3S/c1-3-16(14,15)8(2)11(13)9-4-6-10(12)7-5-9/h4-8,11,13H,3H2,1-2H3/t8-,11-/m0/s1. The van der Waals surface area contributed by atoms with Crippen molar-refractivity contribution in [2.45, 2.75) is 25.2 Å². The molecule has 90 valence electrons. The molecule has 0 aliphatic rings. The minimum atomic E-state index is -3.24. The molecule has 2 atom stereocenters. The van der Waals surface area contributed by atoms with Gasteiger partial charge in [0.05, 0.1) is 11.4 Å². The molecule has 0 unspecified atom stereocenters. The summed E-state index contributed by atoms with van der Waals surface area (Å²) in [7, 11) is -3.24. The first-order valence-corrected chi connectivity index (χ1v) is 7.13. The molecule has 0 bridgehead atoms. The van der Waals surface area contributed by atoms with E-state index in [1.54, 1.807) is 31.2 Å². The number of sulfone groups is 1. The van der Waals surface area contributed by atoms with Gasteiger partial charge in [-0.15, -0.1) is 0 Å². The maximum absolute atomic E-state index is 11.6. The molecule has 0 amide bonds. The zero-order valence-electron chi connectivity index (χ0n) is 9.22. The molecule has 3 nitrogen and oxygen atoms in total. The molecule has 1 N–H and O–H groups in total. The Morgan fingerprint density at radius 3 is 2.25 bits per heavy atom. The van der Waals surface area contributed by atoms with Gasteiger partial charge in [0.1, 0.15) is 0 Å². The lowest BCUT2D eigenvalue weighted by molar-refractivity contribution is 0.176. The van der Waals surface area contributed by atoms with Gasteiger partial charge in [0.2, 0.25) is 0 Å². The molecule has 0 saturated heterocycles. The minimum Gasteiger partial charge on any atom is -0.387 e. The lowest BCUT2D eigenvalue weighted by atomic mass is 10.1. The van der Waals surface area contributed by atoms with Gasteiger partial charge in [-0.3, -0.25) is 0 Å². The maximum Gasteiger partial charge on any atom is 0.155 e. The number of aliphatic hydroxyl groups excluding tert-OH is 1. The number of halogens is 1. The molecule has 1 aromatic carbocycles. The van der Waals surface area contributed by atoms with E-state index in [9.17, 15) is 13.5 Å². The molecule has 1 aromatic rings. The van der Waals surface area contributed by atoms with Crippen LogP contribution in [-0.2, 0) is 9.84 Å². The molecule has 0 aromatic heterocycles. The highest BCUT2D eigenvalue weighted by Gasteiger charge is 2.27. The maximum atomic E-state index is 11.6. The van der Waals surface area contributed by atoms with Crippen molar-refractivity contribution in [3.63, 3.8) is 0 Å². The summed E-state index contributed by atoms with van der Waals surface area (Å²) in [4.78, 5) is 0. The van der Waals surface area contributed by atoms with Crippen LogP contribution in [0.25, 0.3) is 0 Å². The summed E-state index contributed by atoms with van der Waals surface area (Å²) >= 11 is 5.71. The van der Waals surface area contributed by atoms with E-state index in [1.807, 2.05) is 0 Å². The highest BCUT2D eigenvalue weighted by molar-refractivity contribution is 7.92. The summed E-state index contributed by atoms with van der Waals surface area (Å²) in [6.07, 6.45) is -1.01. The highest BCUT2D eigenvalue weighted by atomic mass is 35.5. The van der Waals surface area contributed by atoms with Crippen LogP contribution in [0.15, 0.2) is 24.3 Å². The fraction of sp³-hybridized carbons (Fsp3) is 0.455. The van der Waals surface area contributed by atoms with Gasteiger partial charge in [0, 0.05) is 10.8 Å². The van der Waals surface area contributed by atoms with Crippen LogP contribution in [-0.4, -0.2) is 24.5 Å². The van der Waals surface area contributed by atoms with Crippen LogP contribution in [0.2, 0.25) is 5.02 Å². The van der Waals surface area contributed by atoms with Crippen molar-refractivity contribution in [3.8, 4) is 0 Å². The second-order valence-electron chi connectivity index (χ2n) is 3.65. The number of hydrogen-bond acceptors (Lipinski definition) is 3. The fourth-order valence-corrected chi connectivity index (χ4v) is 2.59. The lowest BCUT2D eigenvalue weighted by Gasteiger charge is -2.18. The molecule has 0 aliphatic carbocycles. The molecule has 16 heavy (non-hydrogen) atoms. The average molecular weight is 263 g/mol. The van der Waals surface area contributed by atoms with Crippen LogP contribution in [0.5, 0.6) is 0 Å². The summed E-state index contributed by atoms with van der Waals surface area (Å²) < 4.78 is 23.2. The van der Waals surface area contributed by atoms with Crippen molar-refractivity contribution >= 4 is 21.4 Å². The van der Waals surface area contributed by atoms with E-state index in [0.717, 1.165) is 0 Å². The van der Waals surface area contributed by atoms with Gasteiger partial charge in [-0.2, -0.15) is 0 Å². The Hall–Kier alpha value is -0.580. The Morgan fingerprint density at radius 2 is 1.81 bits per heavy atom. The Labute approximate surface area is 101 Å². The quantitative estimate of drug-likeness (QED) is 0.905. The van der Waals surface area contributed by atoms with Gasteiger partial charge in [0.25, 0.3) is 0 Å². The van der Waals surface area contributed by atoms with Crippen molar-refractivity contribution in [1.82, 2.24) is 0 Å². The first kappa shape index (κ1) is 13.5. The third-order valence-corrected chi connectivity index (χ3v) is 5.07. The zero-order valence-corrected chi connectivity index (χ0v) is 10.8. The molecular formula is C11H15ClO3S. The Bertz CT molecular complexity index is 439. The molecule has 5 heteroatoms. The summed E-state index contributed by atoms with van der Waals surface area (Å²) in [5.74, 6) is 0.0266. The van der Waals surface area contributed by atoms with Crippen LogP contribution in [0, 0.1) is 0 Å². The Morgan fingerprint density at radius 1 is 1.31 bits per heavy atom. The van der Waals surface area contributed by atoms with Gasteiger partial charge < -0.3 is 5.11 Å². The van der Waals surface area contributed by atoms with E-state index in [4.69, 9.17) is 11.6 Å². The molecular weight excluding hydrogens is 248 g/mol. The first-order valence-electron chi connectivity index (χ1n) is 5.03. The molecule has 0 saturated carbocycles. The van der Waals surface area contributed by atoms with Crippen LogP contribution in [0.1, 0.15) is 25.5 Å². The van der Waals surface area contributed by atoms with Crippen molar-refractivity contribution in [1.29, 1.82) is 0 Å². The zero-order chi connectivity index (χ0) is 12.3. The molecule has 0 heterocycles. The molecule has 0 spiro atoms. The van der Waals surface area contributed by atoms with Gasteiger partial charge in [-0.05, 0) is 24.6 Å². The largest absolute Gasteiger partial charge is 0.387 e. The Kier molecular flexibility index (Phi) is 4.35. The Balaban J connectivity index is 2.94. The second kappa shape index (κ2) is 5.17. The third kappa shape index (κ3) is 2.97. The van der Waals surface area contributed by atoms with Gasteiger partial charge in [0.15, 0.2) is 9.84 Å². The summed E-state index contributed by atoms with van der Waals surface area (Å²) in [6, 6.07) is 6.53. The van der Waals surface area contributed by atoms with Crippen molar-refractivity contribution < 1.29 is 13.5 Å². The predicted octanol–water partition coefficient (Wildman–Crippen LogP) is 2.20. The van der Waals surface area contributed by atoms with Crippen LogP contribution >= 0.6 is 11.6 Å². The molecule has 0 radical (unpaired) electrons. The third-order valence-electron chi connectivity index (χ3n) is 2.62. The normalized spacial score (nSPS) is 15.8. The first-order chi connectivity index (χ1) is 7.38. The topological polar surface area (TPSA) is 54.4 Å². The summed E-state index contributed by atoms with van der Waals surface area (Å²) in [5, 5.41) is 9.67. The van der Waals surface area contributed by atoms with Crippen LogP contribution < -0.4 is 0 Å². The van der Waals surface area contributed by atoms with E-state index in [2.05, 4.69) is 0 Å². The fourth-order valence-electron chi connectivity index (χ4n) is 1.39. The van der Waals surface area contributed by atoms with Crippen molar-refractivity contribution in [3.05, 3.63) is 34.9 Å². The number of aliphatic hydroxyl groups is 1. The molecule has 0 fully saturated rings. The highest BCUT2D eigenvalue weighted by Crippen LogP contribution is 2.23.